The molecule has 0 aliphatic heterocycles. The molecule has 1 aromatic heterocycles. The Morgan fingerprint density at radius 3 is 2.80 bits per heavy atom. The summed E-state index contributed by atoms with van der Waals surface area (Å²) in [5.41, 5.74) is 1.02. The van der Waals surface area contributed by atoms with E-state index in [0.717, 1.165) is 25.1 Å². The molecule has 5 nitrogen and oxygen atoms in total. The van der Waals surface area contributed by atoms with E-state index in [2.05, 4.69) is 15.8 Å². The zero-order valence-corrected chi connectivity index (χ0v) is 12.8. The molecule has 1 heterocycles. The quantitative estimate of drug-likeness (QED) is 0.769. The average molecular weight is 295 g/mol. The highest BCUT2D eigenvalue weighted by molar-refractivity contribution is 7.89. The highest BCUT2D eigenvalue weighted by Crippen LogP contribution is 2.37. The van der Waals surface area contributed by atoms with Gasteiger partial charge in [0, 0.05) is 31.5 Å². The van der Waals surface area contributed by atoms with E-state index in [1.807, 2.05) is 6.92 Å². The molecule has 6 heteroatoms. The van der Waals surface area contributed by atoms with Crippen molar-refractivity contribution in [2.24, 2.45) is 0 Å². The molecule has 1 aliphatic carbocycles. The first-order chi connectivity index (χ1) is 9.50. The minimum absolute atomic E-state index is 0.0828. The van der Waals surface area contributed by atoms with Gasteiger partial charge in [0.1, 0.15) is 4.90 Å². The fraction of sp³-hybridized carbons (Fsp3) is 0.571. The summed E-state index contributed by atoms with van der Waals surface area (Å²) in [5, 5.41) is 3.25. The summed E-state index contributed by atoms with van der Waals surface area (Å²) in [5.74, 6) is 2.36. The van der Waals surface area contributed by atoms with E-state index in [-0.39, 0.29) is 6.54 Å². The van der Waals surface area contributed by atoms with Crippen LogP contribution in [0.4, 0.5) is 0 Å². The highest BCUT2D eigenvalue weighted by Gasteiger charge is 2.29. The van der Waals surface area contributed by atoms with Gasteiger partial charge in [-0.25, -0.2) is 8.42 Å². The zero-order valence-electron chi connectivity index (χ0n) is 12.0. The van der Waals surface area contributed by atoms with E-state index >= 15 is 0 Å². The summed E-state index contributed by atoms with van der Waals surface area (Å²) in [6.45, 7) is 3.65. The van der Waals surface area contributed by atoms with Crippen LogP contribution in [0.1, 0.15) is 31.5 Å². The van der Waals surface area contributed by atoms with Gasteiger partial charge in [0.05, 0.1) is 6.54 Å². The molecule has 2 rings (SSSR count). The number of rotatable bonds is 7. The van der Waals surface area contributed by atoms with Crippen molar-refractivity contribution in [3.63, 3.8) is 0 Å². The van der Waals surface area contributed by atoms with Gasteiger partial charge in [0.25, 0.3) is 0 Å². The van der Waals surface area contributed by atoms with Crippen LogP contribution in [0.3, 0.4) is 0 Å². The van der Waals surface area contributed by atoms with Crippen LogP contribution < -0.4 is 5.32 Å². The first kappa shape index (κ1) is 15.1. The molecule has 0 unspecified atom stereocenters. The maximum absolute atomic E-state index is 12.4. The minimum atomic E-state index is -3.49. The number of terminal acetylenes is 1. The second kappa shape index (κ2) is 6.00. The van der Waals surface area contributed by atoms with Gasteiger partial charge in [-0.15, -0.1) is 6.42 Å². The Labute approximate surface area is 121 Å². The van der Waals surface area contributed by atoms with Crippen LogP contribution in [0.15, 0.2) is 17.2 Å². The second-order valence-electron chi connectivity index (χ2n) is 5.05. The molecule has 1 N–H and O–H groups in total. The van der Waals surface area contributed by atoms with Crippen molar-refractivity contribution >= 4 is 10.0 Å². The molecule has 0 saturated heterocycles. The van der Waals surface area contributed by atoms with Crippen LogP contribution in [0.2, 0.25) is 0 Å². The van der Waals surface area contributed by atoms with Crippen LogP contribution in [0, 0.1) is 12.3 Å². The third-order valence-electron chi connectivity index (χ3n) is 3.43. The second-order valence-corrected chi connectivity index (χ2v) is 7.10. The number of nitrogens with zero attached hydrogens (tertiary/aromatic N) is 2. The summed E-state index contributed by atoms with van der Waals surface area (Å²) in [4.78, 5) is 0.329. The number of hydrogen-bond acceptors (Lipinski definition) is 3. The number of aromatic nitrogens is 1. The summed E-state index contributed by atoms with van der Waals surface area (Å²) in [6, 6.07) is 2.20. The lowest BCUT2D eigenvalue weighted by Gasteiger charge is -2.12. The van der Waals surface area contributed by atoms with Crippen LogP contribution >= 0.6 is 0 Å². The molecule has 0 radical (unpaired) electrons. The van der Waals surface area contributed by atoms with E-state index in [1.165, 1.54) is 11.4 Å². The van der Waals surface area contributed by atoms with Crippen molar-refractivity contribution in [1.82, 2.24) is 14.2 Å². The maximum atomic E-state index is 12.4. The number of nitrogens with one attached hydrogen (secondary N) is 1. The van der Waals surface area contributed by atoms with Crippen LogP contribution in [0.25, 0.3) is 0 Å². The van der Waals surface area contributed by atoms with Crippen molar-refractivity contribution in [2.75, 3.05) is 20.1 Å². The molecule has 0 atom stereocenters. The summed E-state index contributed by atoms with van der Waals surface area (Å²) < 4.78 is 28.1. The Bertz CT molecular complexity index is 609. The Kier molecular flexibility index (Phi) is 4.53. The van der Waals surface area contributed by atoms with Gasteiger partial charge in [-0.2, -0.15) is 4.31 Å². The molecule has 20 heavy (non-hydrogen) atoms. The highest BCUT2D eigenvalue weighted by atomic mass is 32.2. The SMILES string of the molecule is C#CCN(C)S(=O)(=O)c1cc(CNCC)n(C2CC2)c1. The van der Waals surface area contributed by atoms with Crippen molar-refractivity contribution in [1.29, 1.82) is 0 Å². The lowest BCUT2D eigenvalue weighted by Crippen LogP contribution is -2.26. The molecular formula is C14H21N3O2S. The molecule has 1 saturated carbocycles. The summed E-state index contributed by atoms with van der Waals surface area (Å²) in [7, 11) is -1.98. The smallest absolute Gasteiger partial charge is 0.245 e. The van der Waals surface area contributed by atoms with Crippen molar-refractivity contribution < 1.29 is 8.42 Å². The Morgan fingerprint density at radius 2 is 2.25 bits per heavy atom. The predicted molar refractivity (Wildman–Crippen MR) is 78.7 cm³/mol. The molecule has 0 bridgehead atoms. The lowest BCUT2D eigenvalue weighted by molar-refractivity contribution is 0.502. The number of sulfonamides is 1. The van der Waals surface area contributed by atoms with Crippen molar-refractivity contribution in [3.8, 4) is 12.3 Å². The van der Waals surface area contributed by atoms with Crippen LogP contribution in [0.5, 0.6) is 0 Å². The monoisotopic (exact) mass is 295 g/mol. The van der Waals surface area contributed by atoms with E-state index in [4.69, 9.17) is 6.42 Å². The van der Waals surface area contributed by atoms with Crippen LogP contribution in [-0.2, 0) is 16.6 Å². The first-order valence-corrected chi connectivity index (χ1v) is 8.26. The summed E-state index contributed by atoms with van der Waals surface area (Å²) >= 11 is 0. The standard InChI is InChI=1S/C14H21N3O2S/c1-4-8-16(3)20(18,19)14-9-13(10-15-5-2)17(11-14)12-6-7-12/h1,9,11-12,15H,5-8,10H2,2-3H3. The molecule has 0 amide bonds. The molecule has 0 aromatic carbocycles. The van der Waals surface area contributed by atoms with Gasteiger partial charge >= 0.3 is 0 Å². The molecule has 0 spiro atoms. The molecule has 1 fully saturated rings. The Morgan fingerprint density at radius 1 is 1.55 bits per heavy atom. The average Bonchev–Trinajstić information content (AvgIpc) is 3.16. The van der Waals surface area contributed by atoms with Gasteiger partial charge in [0.2, 0.25) is 10.0 Å². The zero-order chi connectivity index (χ0) is 14.8. The fourth-order valence-corrected chi connectivity index (χ4v) is 3.25. The normalized spacial score (nSPS) is 15.5. The van der Waals surface area contributed by atoms with Gasteiger partial charge < -0.3 is 9.88 Å². The van der Waals surface area contributed by atoms with E-state index in [9.17, 15) is 8.42 Å². The topological polar surface area (TPSA) is 54.3 Å². The predicted octanol–water partition coefficient (Wildman–Crippen LogP) is 1.19. The third kappa shape index (κ3) is 3.06. The molecule has 1 aliphatic rings. The van der Waals surface area contributed by atoms with Gasteiger partial charge in [-0.1, -0.05) is 12.8 Å². The first-order valence-electron chi connectivity index (χ1n) is 6.82. The van der Waals surface area contributed by atoms with Gasteiger partial charge in [-0.3, -0.25) is 0 Å². The summed E-state index contributed by atoms with van der Waals surface area (Å²) in [6.07, 6.45) is 9.17. The lowest BCUT2D eigenvalue weighted by atomic mass is 10.4. The van der Waals surface area contributed by atoms with E-state index in [0.29, 0.717) is 17.5 Å². The van der Waals surface area contributed by atoms with E-state index in [1.54, 1.807) is 12.3 Å². The Balaban J connectivity index is 2.30. The third-order valence-corrected chi connectivity index (χ3v) is 5.19. The van der Waals surface area contributed by atoms with Gasteiger partial charge in [0.15, 0.2) is 0 Å². The molecule has 110 valence electrons. The Hall–Kier alpha value is -1.29. The minimum Gasteiger partial charge on any atom is -0.346 e. The number of hydrogen-bond donors (Lipinski definition) is 1. The van der Waals surface area contributed by atoms with Crippen molar-refractivity contribution in [2.45, 2.75) is 37.2 Å². The largest absolute Gasteiger partial charge is 0.346 e. The maximum Gasteiger partial charge on any atom is 0.245 e. The van der Waals surface area contributed by atoms with Gasteiger partial charge in [-0.05, 0) is 25.5 Å². The molecule has 1 aromatic rings. The van der Waals surface area contributed by atoms with Crippen LogP contribution in [-0.4, -0.2) is 37.4 Å². The van der Waals surface area contributed by atoms with E-state index < -0.39 is 10.0 Å². The van der Waals surface area contributed by atoms with Crippen molar-refractivity contribution in [3.05, 3.63) is 18.0 Å². The molecular weight excluding hydrogens is 274 g/mol. The fourth-order valence-electron chi connectivity index (χ4n) is 2.12.